The van der Waals surface area contributed by atoms with Crippen molar-refractivity contribution in [1.82, 2.24) is 0 Å². The molecule has 1 aromatic rings. The monoisotopic (exact) mass is 270 g/mol. The van der Waals surface area contributed by atoms with Crippen molar-refractivity contribution in [3.8, 4) is 0 Å². The fraction of sp³-hybridized carbons (Fsp3) is 0.462. The van der Waals surface area contributed by atoms with E-state index in [-0.39, 0.29) is 11.7 Å². The third-order valence-corrected chi connectivity index (χ3v) is 4.13. The zero-order valence-corrected chi connectivity index (χ0v) is 11.5. The van der Waals surface area contributed by atoms with Crippen LogP contribution in [0.2, 0.25) is 0 Å². The summed E-state index contributed by atoms with van der Waals surface area (Å²) in [5, 5.41) is 11.4. The van der Waals surface area contributed by atoms with E-state index in [2.05, 4.69) is 19.0 Å². The topological polar surface area (TPSA) is 58.6 Å². The predicted octanol–water partition coefficient (Wildman–Crippen LogP) is 3.20. The van der Waals surface area contributed by atoms with Gasteiger partial charge in [-0.15, -0.1) is 0 Å². The summed E-state index contributed by atoms with van der Waals surface area (Å²) in [7, 11) is 0. The first-order chi connectivity index (χ1) is 8.58. The lowest BCUT2D eigenvalue weighted by molar-refractivity contribution is 0.318. The molecule has 3 N–H and O–H groups in total. The molecule has 0 bridgehead atoms. The van der Waals surface area contributed by atoms with Gasteiger partial charge in [-0.3, -0.25) is 0 Å². The fourth-order valence-electron chi connectivity index (χ4n) is 1.37. The van der Waals surface area contributed by atoms with E-state index in [1.54, 1.807) is 23.9 Å². The summed E-state index contributed by atoms with van der Waals surface area (Å²) >= 11 is 1.72. The zero-order valence-electron chi connectivity index (χ0n) is 10.7. The van der Waals surface area contributed by atoms with Gasteiger partial charge in [-0.25, -0.2) is 4.39 Å². The average Bonchev–Trinajstić information content (AvgIpc) is 2.39. The first-order valence-electron chi connectivity index (χ1n) is 5.92. The van der Waals surface area contributed by atoms with Gasteiger partial charge in [0, 0.05) is 11.3 Å². The number of nitrogens with two attached hydrogens (primary N) is 1. The Kier molecular flexibility index (Phi) is 5.98. The summed E-state index contributed by atoms with van der Waals surface area (Å²) in [6.07, 6.45) is 1.14. The van der Waals surface area contributed by atoms with Crippen LogP contribution in [0.25, 0.3) is 0 Å². The van der Waals surface area contributed by atoms with Gasteiger partial charge >= 0.3 is 0 Å². The molecular formula is C13H19FN2OS. The lowest BCUT2D eigenvalue weighted by atomic mass is 10.1. The smallest absolute Gasteiger partial charge is 0.170 e. The van der Waals surface area contributed by atoms with Crippen molar-refractivity contribution < 1.29 is 9.60 Å². The van der Waals surface area contributed by atoms with Gasteiger partial charge in [0.25, 0.3) is 0 Å². The molecule has 0 aliphatic heterocycles. The first kappa shape index (κ1) is 14.8. The van der Waals surface area contributed by atoms with Gasteiger partial charge in [-0.2, -0.15) is 11.8 Å². The van der Waals surface area contributed by atoms with E-state index >= 15 is 0 Å². The van der Waals surface area contributed by atoms with Crippen molar-refractivity contribution in [2.24, 2.45) is 16.8 Å². The number of nitrogens with zero attached hydrogens (tertiary/aromatic N) is 1. The standard InChI is InChI=1S/C13H19FN2OS/c1-3-9(2)7-18-8-11-5-4-10(6-12(11)14)13(15)16-17/h4-6,9,17H,3,7-8H2,1-2H3,(H2,15,16). The van der Waals surface area contributed by atoms with Gasteiger partial charge in [0.15, 0.2) is 5.84 Å². The van der Waals surface area contributed by atoms with Crippen LogP contribution in [-0.2, 0) is 5.75 Å². The van der Waals surface area contributed by atoms with Crippen molar-refractivity contribution in [2.45, 2.75) is 26.0 Å². The Morgan fingerprint density at radius 1 is 1.56 bits per heavy atom. The maximum Gasteiger partial charge on any atom is 0.170 e. The largest absolute Gasteiger partial charge is 0.409 e. The Hall–Kier alpha value is -1.23. The molecule has 1 atom stereocenters. The Morgan fingerprint density at radius 2 is 2.28 bits per heavy atom. The normalized spacial score (nSPS) is 13.6. The van der Waals surface area contributed by atoms with Crippen molar-refractivity contribution in [1.29, 1.82) is 0 Å². The summed E-state index contributed by atoms with van der Waals surface area (Å²) in [5.74, 6) is 1.93. The molecule has 0 spiro atoms. The van der Waals surface area contributed by atoms with E-state index in [4.69, 9.17) is 10.9 Å². The molecule has 0 saturated carbocycles. The lowest BCUT2D eigenvalue weighted by Gasteiger charge is -2.09. The van der Waals surface area contributed by atoms with Gasteiger partial charge in [0.2, 0.25) is 0 Å². The van der Waals surface area contributed by atoms with Crippen molar-refractivity contribution in [3.63, 3.8) is 0 Å². The highest BCUT2D eigenvalue weighted by Crippen LogP contribution is 2.20. The zero-order chi connectivity index (χ0) is 13.5. The Balaban J connectivity index is 2.63. The van der Waals surface area contributed by atoms with Crippen LogP contribution in [0.5, 0.6) is 0 Å². The molecule has 0 amide bonds. The van der Waals surface area contributed by atoms with Crippen LogP contribution in [0.3, 0.4) is 0 Å². The van der Waals surface area contributed by atoms with E-state index in [9.17, 15) is 4.39 Å². The SMILES string of the molecule is CCC(C)CSCc1ccc(/C(N)=N/O)cc1F. The highest BCUT2D eigenvalue weighted by molar-refractivity contribution is 7.98. The summed E-state index contributed by atoms with van der Waals surface area (Å²) < 4.78 is 13.7. The minimum atomic E-state index is -0.309. The predicted molar refractivity (Wildman–Crippen MR) is 74.5 cm³/mol. The number of rotatable bonds is 6. The summed E-state index contributed by atoms with van der Waals surface area (Å²) in [6, 6.07) is 4.65. The van der Waals surface area contributed by atoms with Crippen LogP contribution in [0.4, 0.5) is 4.39 Å². The summed E-state index contributed by atoms with van der Waals surface area (Å²) in [5.41, 5.74) is 6.44. The number of oxime groups is 1. The Morgan fingerprint density at radius 3 is 2.83 bits per heavy atom. The maximum absolute atomic E-state index is 13.7. The number of hydrogen-bond acceptors (Lipinski definition) is 3. The minimum Gasteiger partial charge on any atom is -0.409 e. The average molecular weight is 270 g/mol. The molecule has 0 aliphatic rings. The molecule has 0 saturated heterocycles. The van der Waals surface area contributed by atoms with Crippen molar-refractivity contribution in [2.75, 3.05) is 5.75 Å². The second-order valence-corrected chi connectivity index (χ2v) is 5.35. The molecule has 1 unspecified atom stereocenters. The van der Waals surface area contributed by atoms with Crippen molar-refractivity contribution in [3.05, 3.63) is 35.1 Å². The number of amidine groups is 1. The molecule has 0 radical (unpaired) electrons. The highest BCUT2D eigenvalue weighted by Gasteiger charge is 2.07. The Labute approximate surface area is 111 Å². The van der Waals surface area contributed by atoms with Gasteiger partial charge in [0.05, 0.1) is 0 Å². The quantitative estimate of drug-likeness (QED) is 0.361. The molecule has 1 rings (SSSR count). The van der Waals surface area contributed by atoms with Crippen LogP contribution in [0.1, 0.15) is 31.4 Å². The van der Waals surface area contributed by atoms with Crippen LogP contribution < -0.4 is 5.73 Å². The number of hydrogen-bond donors (Lipinski definition) is 2. The van der Waals surface area contributed by atoms with E-state index in [1.165, 1.54) is 6.07 Å². The van der Waals surface area contributed by atoms with Crippen LogP contribution in [0.15, 0.2) is 23.4 Å². The third kappa shape index (κ3) is 4.22. The molecule has 0 aliphatic carbocycles. The molecule has 5 heteroatoms. The van der Waals surface area contributed by atoms with E-state index in [0.717, 1.165) is 12.2 Å². The molecule has 0 fully saturated rings. The van der Waals surface area contributed by atoms with E-state index in [0.29, 0.717) is 22.8 Å². The third-order valence-electron chi connectivity index (χ3n) is 2.81. The van der Waals surface area contributed by atoms with Crippen LogP contribution in [-0.4, -0.2) is 16.8 Å². The molecular weight excluding hydrogens is 251 g/mol. The molecule has 18 heavy (non-hydrogen) atoms. The van der Waals surface area contributed by atoms with E-state index in [1.807, 2.05) is 0 Å². The molecule has 0 heterocycles. The second-order valence-electron chi connectivity index (χ2n) is 4.32. The van der Waals surface area contributed by atoms with Crippen LogP contribution in [0, 0.1) is 11.7 Å². The van der Waals surface area contributed by atoms with Crippen LogP contribution >= 0.6 is 11.8 Å². The van der Waals surface area contributed by atoms with Gasteiger partial charge in [-0.1, -0.05) is 37.6 Å². The Bertz CT molecular complexity index is 423. The summed E-state index contributed by atoms with van der Waals surface area (Å²) in [4.78, 5) is 0. The molecule has 100 valence electrons. The number of halogens is 1. The second kappa shape index (κ2) is 7.26. The maximum atomic E-state index is 13.7. The van der Waals surface area contributed by atoms with E-state index < -0.39 is 0 Å². The van der Waals surface area contributed by atoms with Gasteiger partial charge in [-0.05, 0) is 23.3 Å². The van der Waals surface area contributed by atoms with Crippen molar-refractivity contribution >= 4 is 17.6 Å². The van der Waals surface area contributed by atoms with Gasteiger partial charge in [0.1, 0.15) is 5.82 Å². The summed E-state index contributed by atoms with van der Waals surface area (Å²) in [6.45, 7) is 4.34. The lowest BCUT2D eigenvalue weighted by Crippen LogP contribution is -2.13. The minimum absolute atomic E-state index is 0.0762. The molecule has 0 aromatic heterocycles. The molecule has 1 aromatic carbocycles. The number of thioether (sulfide) groups is 1. The fourth-order valence-corrected chi connectivity index (χ4v) is 2.58. The first-order valence-corrected chi connectivity index (χ1v) is 7.08. The van der Waals surface area contributed by atoms with Gasteiger partial charge < -0.3 is 10.9 Å². The highest BCUT2D eigenvalue weighted by atomic mass is 32.2. The molecule has 3 nitrogen and oxygen atoms in total. The number of benzene rings is 1.